The lowest BCUT2D eigenvalue weighted by molar-refractivity contribution is -0.139. The number of thiophene rings is 1. The van der Waals surface area contributed by atoms with E-state index < -0.39 is 5.97 Å². The molecule has 1 rings (SSSR count). The van der Waals surface area contributed by atoms with E-state index in [9.17, 15) is 4.79 Å². The Morgan fingerprint density at radius 3 is 2.65 bits per heavy atom. The fourth-order valence-electron chi connectivity index (χ4n) is 1.31. The molecule has 1 aromatic rings. The molecule has 0 aliphatic carbocycles. The predicted octanol–water partition coefficient (Wildman–Crippen LogP) is 1.53. The number of carbonyl (C=O) groups excluding carboxylic acids is 1. The Labute approximate surface area is 103 Å². The van der Waals surface area contributed by atoms with Gasteiger partial charge in [-0.15, -0.1) is 11.3 Å². The Kier molecular flexibility index (Phi) is 4.12. The quantitative estimate of drug-likeness (QED) is 0.648. The van der Waals surface area contributed by atoms with Gasteiger partial charge in [0.2, 0.25) is 0 Å². The molecule has 0 fully saturated rings. The zero-order chi connectivity index (χ0) is 13.0. The number of esters is 1. The summed E-state index contributed by atoms with van der Waals surface area (Å²) in [6.45, 7) is 3.70. The highest BCUT2D eigenvalue weighted by Gasteiger charge is 2.21. The van der Waals surface area contributed by atoms with Crippen molar-refractivity contribution in [2.75, 3.05) is 20.0 Å². The molecule has 1 heterocycles. The topological polar surface area (TPSA) is 85.3 Å². The van der Waals surface area contributed by atoms with Gasteiger partial charge in [-0.3, -0.25) is 4.79 Å². The minimum absolute atomic E-state index is 0.0230. The van der Waals surface area contributed by atoms with E-state index in [1.54, 1.807) is 0 Å². The van der Waals surface area contributed by atoms with E-state index in [-0.39, 0.29) is 12.0 Å². The van der Waals surface area contributed by atoms with Gasteiger partial charge >= 0.3 is 5.97 Å². The molecule has 0 amide bonds. The second-order valence-electron chi connectivity index (χ2n) is 3.14. The van der Waals surface area contributed by atoms with Gasteiger partial charge in [0.1, 0.15) is 16.8 Å². The Balaban J connectivity index is 3.27. The number of nitrogens with zero attached hydrogens (tertiary/aromatic N) is 1. The lowest BCUT2D eigenvalue weighted by Gasteiger charge is -2.05. The van der Waals surface area contributed by atoms with Crippen LogP contribution in [0.3, 0.4) is 0 Å². The molecule has 0 atom stereocenters. The molecule has 17 heavy (non-hydrogen) atoms. The summed E-state index contributed by atoms with van der Waals surface area (Å²) in [5.41, 5.74) is 6.50. The van der Waals surface area contributed by atoms with Gasteiger partial charge in [-0.2, -0.15) is 5.26 Å². The molecule has 1 aromatic heterocycles. The minimum Gasteiger partial charge on any atom is -0.496 e. The summed E-state index contributed by atoms with van der Waals surface area (Å²) in [4.78, 5) is 11.9. The number of anilines is 1. The van der Waals surface area contributed by atoms with Crippen molar-refractivity contribution < 1.29 is 14.3 Å². The standard InChI is InChI=1S/C11H12N2O3S/c1-6(15-2)10-7(4-9(14)16-3)8(5-12)11(13)17-10/h1,4,13H2,2-3H3. The molecular formula is C11H12N2O3S. The van der Waals surface area contributed by atoms with Crippen LogP contribution in [-0.2, 0) is 20.7 Å². The van der Waals surface area contributed by atoms with Crippen molar-refractivity contribution in [1.29, 1.82) is 5.26 Å². The zero-order valence-corrected chi connectivity index (χ0v) is 10.4. The van der Waals surface area contributed by atoms with Crippen molar-refractivity contribution >= 4 is 28.1 Å². The fraction of sp³-hybridized carbons (Fsp3) is 0.273. The van der Waals surface area contributed by atoms with Gasteiger partial charge in [0.05, 0.1) is 31.1 Å². The number of nitrogens with two attached hydrogens (primary N) is 1. The lowest BCUT2D eigenvalue weighted by atomic mass is 10.1. The first-order valence-corrected chi connectivity index (χ1v) is 5.48. The molecule has 0 aliphatic heterocycles. The summed E-state index contributed by atoms with van der Waals surface area (Å²) in [6, 6.07) is 1.97. The van der Waals surface area contributed by atoms with Gasteiger partial charge in [0, 0.05) is 5.56 Å². The summed E-state index contributed by atoms with van der Waals surface area (Å²) >= 11 is 1.17. The Morgan fingerprint density at radius 2 is 2.18 bits per heavy atom. The van der Waals surface area contributed by atoms with Crippen LogP contribution in [-0.4, -0.2) is 20.2 Å². The maximum Gasteiger partial charge on any atom is 0.310 e. The molecule has 90 valence electrons. The summed E-state index contributed by atoms with van der Waals surface area (Å²) in [5.74, 6) is -0.0634. The molecule has 0 spiro atoms. The zero-order valence-electron chi connectivity index (χ0n) is 9.57. The van der Waals surface area contributed by atoms with Crippen LogP contribution in [0.1, 0.15) is 16.0 Å². The number of rotatable bonds is 4. The van der Waals surface area contributed by atoms with Gasteiger partial charge in [-0.1, -0.05) is 6.58 Å². The van der Waals surface area contributed by atoms with Crippen LogP contribution >= 0.6 is 11.3 Å². The van der Waals surface area contributed by atoms with Gasteiger partial charge in [-0.05, 0) is 0 Å². The summed E-state index contributed by atoms with van der Waals surface area (Å²) in [5, 5.41) is 9.35. The Bertz CT molecular complexity index is 500. The van der Waals surface area contributed by atoms with E-state index in [0.717, 1.165) is 0 Å². The van der Waals surface area contributed by atoms with Crippen molar-refractivity contribution in [1.82, 2.24) is 0 Å². The van der Waals surface area contributed by atoms with Crippen LogP contribution in [0.15, 0.2) is 6.58 Å². The molecule has 0 bridgehead atoms. The van der Waals surface area contributed by atoms with Crippen molar-refractivity contribution in [3.8, 4) is 6.07 Å². The average Bonchev–Trinajstić information content (AvgIpc) is 2.64. The normalized spacial score (nSPS) is 9.47. The fourth-order valence-corrected chi connectivity index (χ4v) is 2.30. The molecule has 0 aliphatic rings. The first kappa shape index (κ1) is 13.1. The molecule has 0 saturated carbocycles. The van der Waals surface area contributed by atoms with Crippen LogP contribution in [0, 0.1) is 11.3 Å². The molecule has 0 radical (unpaired) electrons. The third-order valence-corrected chi connectivity index (χ3v) is 3.30. The maximum absolute atomic E-state index is 11.3. The maximum atomic E-state index is 11.3. The van der Waals surface area contributed by atoms with E-state index in [1.165, 1.54) is 25.6 Å². The van der Waals surface area contributed by atoms with Crippen LogP contribution < -0.4 is 5.73 Å². The SMILES string of the molecule is C=C(OC)c1sc(N)c(C#N)c1CC(=O)OC. The van der Waals surface area contributed by atoms with Gasteiger partial charge in [0.15, 0.2) is 0 Å². The van der Waals surface area contributed by atoms with Crippen LogP contribution in [0.2, 0.25) is 0 Å². The molecule has 0 unspecified atom stereocenters. The van der Waals surface area contributed by atoms with E-state index >= 15 is 0 Å². The lowest BCUT2D eigenvalue weighted by Crippen LogP contribution is -2.07. The number of hydrogen-bond donors (Lipinski definition) is 1. The Morgan fingerprint density at radius 1 is 1.53 bits per heavy atom. The highest BCUT2D eigenvalue weighted by atomic mass is 32.1. The summed E-state index contributed by atoms with van der Waals surface area (Å²) in [7, 11) is 2.75. The number of hydrogen-bond acceptors (Lipinski definition) is 6. The number of carbonyl (C=O) groups is 1. The van der Waals surface area contributed by atoms with Crippen molar-refractivity contribution in [2.24, 2.45) is 0 Å². The highest BCUT2D eigenvalue weighted by Crippen LogP contribution is 2.35. The highest BCUT2D eigenvalue weighted by molar-refractivity contribution is 7.17. The van der Waals surface area contributed by atoms with E-state index in [0.29, 0.717) is 21.2 Å². The van der Waals surface area contributed by atoms with Crippen LogP contribution in [0.5, 0.6) is 0 Å². The van der Waals surface area contributed by atoms with Crippen LogP contribution in [0.4, 0.5) is 5.00 Å². The monoisotopic (exact) mass is 252 g/mol. The predicted molar refractivity (Wildman–Crippen MR) is 65.2 cm³/mol. The van der Waals surface area contributed by atoms with E-state index in [1.807, 2.05) is 6.07 Å². The number of methoxy groups -OCH3 is 2. The molecule has 0 saturated heterocycles. The largest absolute Gasteiger partial charge is 0.496 e. The minimum atomic E-state index is -0.440. The second-order valence-corrected chi connectivity index (χ2v) is 4.19. The number of nitrogen functional groups attached to an aromatic ring is 1. The summed E-state index contributed by atoms with van der Waals surface area (Å²) < 4.78 is 9.58. The van der Waals surface area contributed by atoms with Gasteiger partial charge in [0.25, 0.3) is 0 Å². The van der Waals surface area contributed by atoms with Crippen molar-refractivity contribution in [3.05, 3.63) is 22.6 Å². The number of nitriles is 1. The summed E-state index contributed by atoms with van der Waals surface area (Å²) in [6.07, 6.45) is -0.0230. The molecule has 5 nitrogen and oxygen atoms in total. The van der Waals surface area contributed by atoms with Gasteiger partial charge in [-0.25, -0.2) is 0 Å². The first-order valence-electron chi connectivity index (χ1n) is 4.66. The van der Waals surface area contributed by atoms with Crippen LogP contribution in [0.25, 0.3) is 5.76 Å². The third-order valence-electron chi connectivity index (χ3n) is 2.19. The second kappa shape index (κ2) is 5.37. The van der Waals surface area contributed by atoms with Crippen molar-refractivity contribution in [2.45, 2.75) is 6.42 Å². The molecule has 2 N–H and O–H groups in total. The van der Waals surface area contributed by atoms with Gasteiger partial charge < -0.3 is 15.2 Å². The molecule has 6 heteroatoms. The van der Waals surface area contributed by atoms with E-state index in [2.05, 4.69) is 11.3 Å². The molecular weight excluding hydrogens is 240 g/mol. The average molecular weight is 252 g/mol. The molecule has 0 aromatic carbocycles. The Hall–Kier alpha value is -2.00. The number of ether oxygens (including phenoxy) is 2. The first-order chi connectivity index (χ1) is 8.04. The van der Waals surface area contributed by atoms with Crippen molar-refractivity contribution in [3.63, 3.8) is 0 Å². The van der Waals surface area contributed by atoms with E-state index in [4.69, 9.17) is 15.7 Å². The third kappa shape index (κ3) is 2.57. The smallest absolute Gasteiger partial charge is 0.310 e.